The lowest BCUT2D eigenvalue weighted by Gasteiger charge is -2.36. The van der Waals surface area contributed by atoms with Gasteiger partial charge in [-0.1, -0.05) is 19.1 Å². The van der Waals surface area contributed by atoms with Gasteiger partial charge < -0.3 is 14.7 Å². The van der Waals surface area contributed by atoms with Crippen molar-refractivity contribution < 1.29 is 9.18 Å². The monoisotopic (exact) mass is 396 g/mol. The van der Waals surface area contributed by atoms with E-state index in [4.69, 9.17) is 4.79 Å². The Hall–Kier alpha value is -3.06. The molecule has 2 aromatic heterocycles. The number of aryl methyl sites for hydroxylation is 1. The van der Waals surface area contributed by atoms with Gasteiger partial charge in [0.05, 0.1) is 16.7 Å². The van der Waals surface area contributed by atoms with Gasteiger partial charge >= 0.3 is 0 Å². The van der Waals surface area contributed by atoms with Crippen molar-refractivity contribution in [2.75, 3.05) is 31.1 Å². The zero-order valence-corrected chi connectivity index (χ0v) is 16.5. The third-order valence-electron chi connectivity index (χ3n) is 5.18. The van der Waals surface area contributed by atoms with E-state index >= 15 is 0 Å². The second-order valence-corrected chi connectivity index (χ2v) is 6.97. The minimum atomic E-state index is -0.167. The number of carbonyl (C=O) groups is 1. The van der Waals surface area contributed by atoms with Crippen LogP contribution in [0.4, 0.5) is 10.1 Å². The smallest absolute Gasteiger partial charge is 0.251 e. The lowest BCUT2D eigenvalue weighted by Crippen LogP contribution is -2.46. The first kappa shape index (κ1) is 20.7. The number of aromatic nitrogens is 2. The lowest BCUT2D eigenvalue weighted by atomic mass is 10.1. The number of carbonyl (C=O) groups excluding carboxylic acids is 1. The van der Waals surface area contributed by atoms with E-state index in [1.807, 2.05) is 44.2 Å². The molecule has 0 spiro atoms. The molecular weight excluding hydrogens is 371 g/mol. The SMILES string of the molecule is C=O.CCc1cc2ncc(CN3CCN(c4ccccc4F)CC3)cc2[nH]c1=O. The van der Waals surface area contributed by atoms with Crippen LogP contribution in [0.25, 0.3) is 11.0 Å². The molecule has 1 aliphatic rings. The Morgan fingerprint density at radius 1 is 1.14 bits per heavy atom. The van der Waals surface area contributed by atoms with Crippen molar-refractivity contribution in [1.82, 2.24) is 14.9 Å². The first-order chi connectivity index (χ1) is 14.1. The molecule has 0 unspecified atom stereocenters. The second kappa shape index (κ2) is 9.43. The molecule has 0 radical (unpaired) electrons. The minimum Gasteiger partial charge on any atom is -0.367 e. The number of halogens is 1. The van der Waals surface area contributed by atoms with Gasteiger partial charge in [0.15, 0.2) is 0 Å². The Morgan fingerprint density at radius 3 is 2.55 bits per heavy atom. The fraction of sp³-hybridized carbons (Fsp3) is 0.318. The standard InChI is InChI=1S/C21H23FN4O.CH2O/c1-2-16-12-18-19(24-21(16)27)11-15(13-23-18)14-25-7-9-26(10-8-25)20-6-4-3-5-17(20)22;1-2/h3-6,11-13H,2,7-10,14H2,1H3,(H,24,27);1H2. The average Bonchev–Trinajstić information content (AvgIpc) is 2.76. The third kappa shape index (κ3) is 4.68. The van der Waals surface area contributed by atoms with Gasteiger partial charge in [0, 0.05) is 44.5 Å². The molecule has 1 N–H and O–H groups in total. The summed E-state index contributed by atoms with van der Waals surface area (Å²) in [7, 11) is 0. The molecule has 7 heteroatoms. The summed E-state index contributed by atoms with van der Waals surface area (Å²) >= 11 is 0. The van der Waals surface area contributed by atoms with Crippen molar-refractivity contribution in [1.29, 1.82) is 0 Å². The summed E-state index contributed by atoms with van der Waals surface area (Å²) in [5.41, 5.74) is 4.06. The number of benzene rings is 1. The van der Waals surface area contributed by atoms with Gasteiger partial charge in [0.1, 0.15) is 12.6 Å². The number of hydrogen-bond acceptors (Lipinski definition) is 5. The first-order valence-corrected chi connectivity index (χ1v) is 9.65. The normalized spacial score (nSPS) is 14.5. The lowest BCUT2D eigenvalue weighted by molar-refractivity contribution is -0.0979. The average molecular weight is 396 g/mol. The summed E-state index contributed by atoms with van der Waals surface area (Å²) in [5.74, 6) is -0.167. The third-order valence-corrected chi connectivity index (χ3v) is 5.18. The van der Waals surface area contributed by atoms with E-state index in [0.29, 0.717) is 12.1 Å². The number of nitrogens with zero attached hydrogens (tertiary/aromatic N) is 3. The predicted molar refractivity (Wildman–Crippen MR) is 113 cm³/mol. The number of nitrogens with one attached hydrogen (secondary N) is 1. The van der Waals surface area contributed by atoms with Gasteiger partial charge in [-0.05, 0) is 36.2 Å². The number of fused-ring (bicyclic) bond motifs is 1. The largest absolute Gasteiger partial charge is 0.367 e. The van der Waals surface area contributed by atoms with Gasteiger partial charge in [-0.2, -0.15) is 0 Å². The molecule has 0 amide bonds. The van der Waals surface area contributed by atoms with Crippen molar-refractivity contribution in [2.45, 2.75) is 19.9 Å². The zero-order chi connectivity index (χ0) is 20.8. The number of para-hydroxylation sites is 1. The summed E-state index contributed by atoms with van der Waals surface area (Å²) in [6, 6.07) is 10.8. The topological polar surface area (TPSA) is 69.3 Å². The molecule has 0 aliphatic carbocycles. The number of rotatable bonds is 4. The molecule has 0 saturated carbocycles. The number of piperazine rings is 1. The number of anilines is 1. The summed E-state index contributed by atoms with van der Waals surface area (Å²) in [4.78, 5) is 31.9. The highest BCUT2D eigenvalue weighted by Gasteiger charge is 2.19. The molecule has 1 fully saturated rings. The summed E-state index contributed by atoms with van der Waals surface area (Å²) in [6.07, 6.45) is 2.57. The molecule has 152 valence electrons. The van der Waals surface area contributed by atoms with Gasteiger partial charge in [0.2, 0.25) is 0 Å². The summed E-state index contributed by atoms with van der Waals surface area (Å²) in [5, 5.41) is 0. The second-order valence-electron chi connectivity index (χ2n) is 6.97. The Balaban J connectivity index is 0.00000117. The molecule has 0 atom stereocenters. The fourth-order valence-electron chi connectivity index (χ4n) is 3.63. The van der Waals surface area contributed by atoms with Gasteiger partial charge in [-0.15, -0.1) is 0 Å². The molecule has 29 heavy (non-hydrogen) atoms. The van der Waals surface area contributed by atoms with Crippen molar-refractivity contribution in [2.24, 2.45) is 0 Å². The number of H-pyrrole nitrogens is 1. The van der Waals surface area contributed by atoms with Crippen LogP contribution in [0, 0.1) is 5.82 Å². The van der Waals surface area contributed by atoms with Gasteiger partial charge in [0.25, 0.3) is 5.56 Å². The van der Waals surface area contributed by atoms with E-state index in [2.05, 4.69) is 19.8 Å². The maximum Gasteiger partial charge on any atom is 0.251 e. The molecule has 3 aromatic rings. The number of pyridine rings is 2. The van der Waals surface area contributed by atoms with E-state index in [1.54, 1.807) is 6.07 Å². The Kier molecular flexibility index (Phi) is 6.72. The molecule has 6 nitrogen and oxygen atoms in total. The van der Waals surface area contributed by atoms with Crippen LogP contribution in [-0.2, 0) is 17.8 Å². The Morgan fingerprint density at radius 2 is 1.86 bits per heavy atom. The first-order valence-electron chi connectivity index (χ1n) is 9.65. The summed E-state index contributed by atoms with van der Waals surface area (Å²) in [6.45, 7) is 8.03. The molecule has 3 heterocycles. The van der Waals surface area contributed by atoms with Crippen molar-refractivity contribution >= 4 is 23.5 Å². The van der Waals surface area contributed by atoms with Crippen LogP contribution in [0.1, 0.15) is 18.1 Å². The van der Waals surface area contributed by atoms with Crippen molar-refractivity contribution in [3.8, 4) is 0 Å². The Bertz CT molecular complexity index is 1030. The van der Waals surface area contributed by atoms with Crippen LogP contribution in [0.2, 0.25) is 0 Å². The Labute approximate surface area is 169 Å². The van der Waals surface area contributed by atoms with Gasteiger partial charge in [-0.25, -0.2) is 4.39 Å². The van der Waals surface area contributed by atoms with E-state index < -0.39 is 0 Å². The van der Waals surface area contributed by atoms with E-state index in [9.17, 15) is 9.18 Å². The molecule has 0 bridgehead atoms. The van der Waals surface area contributed by atoms with Crippen molar-refractivity contribution in [3.05, 3.63) is 69.9 Å². The highest BCUT2D eigenvalue weighted by atomic mass is 19.1. The van der Waals surface area contributed by atoms with Crippen LogP contribution >= 0.6 is 0 Å². The molecule has 1 saturated heterocycles. The van der Waals surface area contributed by atoms with Crippen molar-refractivity contribution in [3.63, 3.8) is 0 Å². The predicted octanol–water partition coefficient (Wildman–Crippen LogP) is 2.76. The quantitative estimate of drug-likeness (QED) is 0.734. The highest BCUT2D eigenvalue weighted by molar-refractivity contribution is 5.74. The van der Waals surface area contributed by atoms with Crippen LogP contribution in [-0.4, -0.2) is 47.8 Å². The fourth-order valence-corrected chi connectivity index (χ4v) is 3.63. The highest BCUT2D eigenvalue weighted by Crippen LogP contribution is 2.21. The number of aromatic amines is 1. The molecule has 1 aromatic carbocycles. The maximum absolute atomic E-state index is 14.0. The van der Waals surface area contributed by atoms with Crippen LogP contribution in [0.3, 0.4) is 0 Å². The number of hydrogen-bond donors (Lipinski definition) is 1. The molecular formula is C22H25FN4O2. The summed E-state index contributed by atoms with van der Waals surface area (Å²) < 4.78 is 14.0. The minimum absolute atomic E-state index is 0.0394. The van der Waals surface area contributed by atoms with Crippen LogP contribution in [0.5, 0.6) is 0 Å². The van der Waals surface area contributed by atoms with Crippen LogP contribution < -0.4 is 10.5 Å². The maximum atomic E-state index is 14.0. The van der Waals surface area contributed by atoms with Crippen LogP contribution in [0.15, 0.2) is 47.4 Å². The van der Waals surface area contributed by atoms with Gasteiger partial charge in [-0.3, -0.25) is 14.7 Å². The molecule has 4 rings (SSSR count). The van der Waals surface area contributed by atoms with E-state index in [0.717, 1.165) is 54.9 Å². The zero-order valence-electron chi connectivity index (χ0n) is 16.5. The molecule has 1 aliphatic heterocycles. The van der Waals surface area contributed by atoms with E-state index in [1.165, 1.54) is 6.07 Å². The van der Waals surface area contributed by atoms with E-state index in [-0.39, 0.29) is 11.4 Å².